The van der Waals surface area contributed by atoms with E-state index in [1.54, 1.807) is 0 Å². The first-order chi connectivity index (χ1) is 11.8. The molecular weight excluding hydrogens is 244 g/mol. The molecule has 0 bridgehead atoms. The zero-order chi connectivity index (χ0) is 18.2. The van der Waals surface area contributed by atoms with Crippen LogP contribution >= 0.6 is 11.6 Å². The quantitative estimate of drug-likeness (QED) is 0.412. The maximum Gasteiger partial charge on any atom is 0.136 e. The number of halogens is 1. The maximum atomic E-state index is 8.26. The van der Waals surface area contributed by atoms with Crippen molar-refractivity contribution in [2.24, 2.45) is 0 Å². The van der Waals surface area contributed by atoms with Gasteiger partial charge in [-0.2, -0.15) is 0 Å². The lowest BCUT2D eigenvalue weighted by atomic mass is 10.0. The first-order valence-corrected chi connectivity index (χ1v) is 5.64. The maximum absolute atomic E-state index is 8.26. The number of hydrogen-bond acceptors (Lipinski definition) is 1. The highest BCUT2D eigenvalue weighted by atomic mass is 35.5. The Morgan fingerprint density at radius 1 is 0.944 bits per heavy atom. The van der Waals surface area contributed by atoms with Crippen LogP contribution in [0.1, 0.15) is 9.60 Å². The summed E-state index contributed by atoms with van der Waals surface area (Å²) < 4.78 is 62.1. The summed E-state index contributed by atoms with van der Waals surface area (Å²) in [5.41, 5.74) is -0.143. The third kappa shape index (κ3) is 1.28. The van der Waals surface area contributed by atoms with E-state index in [0.717, 1.165) is 0 Å². The molecule has 0 spiro atoms. The zero-order valence-electron chi connectivity index (χ0n) is 15.9. The van der Waals surface area contributed by atoms with Crippen molar-refractivity contribution in [1.82, 2.24) is 0 Å². The van der Waals surface area contributed by atoms with Gasteiger partial charge in [0.15, 0.2) is 0 Å². The van der Waals surface area contributed by atoms with Crippen molar-refractivity contribution in [3.8, 4) is 0 Å². The van der Waals surface area contributed by atoms with Gasteiger partial charge in [0.1, 0.15) is 11.2 Å². The minimum absolute atomic E-state index is 0.0460. The van der Waals surface area contributed by atoms with Gasteiger partial charge in [-0.25, -0.2) is 0 Å². The summed E-state index contributed by atoms with van der Waals surface area (Å²) in [6, 6.07) is 0.984. The van der Waals surface area contributed by atoms with Gasteiger partial charge in [0, 0.05) is 15.8 Å². The Morgan fingerprint density at radius 3 is 2.78 bits per heavy atom. The molecule has 0 amide bonds. The van der Waals surface area contributed by atoms with E-state index < -0.39 is 12.1 Å². The molecule has 2 heteroatoms. The highest BCUT2D eigenvalue weighted by molar-refractivity contribution is 6.32. The van der Waals surface area contributed by atoms with Crippen LogP contribution in [-0.2, 0) is 0 Å². The molecule has 0 aliphatic carbocycles. The number of rotatable bonds is 0. The van der Waals surface area contributed by atoms with Crippen molar-refractivity contribution >= 4 is 44.3 Å². The predicted octanol–water partition coefficient (Wildman–Crippen LogP) is 5.39. The fraction of sp³-hybridized carbons (Fsp3) is 0. The molecule has 0 aliphatic rings. The molecule has 0 radical (unpaired) electrons. The van der Waals surface area contributed by atoms with Crippen LogP contribution in [0.2, 0.25) is 5.02 Å². The van der Waals surface area contributed by atoms with Crippen LogP contribution in [0, 0.1) is 0 Å². The van der Waals surface area contributed by atoms with Gasteiger partial charge >= 0.3 is 0 Å². The number of furan rings is 1. The summed E-state index contributed by atoms with van der Waals surface area (Å²) in [5, 5.41) is 0.996. The van der Waals surface area contributed by atoms with Crippen LogP contribution in [0.5, 0.6) is 0 Å². The molecule has 0 aliphatic heterocycles. The lowest BCUT2D eigenvalue weighted by Crippen LogP contribution is -1.74. The van der Waals surface area contributed by atoms with E-state index in [-0.39, 0.29) is 62.6 Å². The van der Waals surface area contributed by atoms with E-state index >= 15 is 0 Å². The van der Waals surface area contributed by atoms with Gasteiger partial charge in [0.05, 0.1) is 9.60 Å². The van der Waals surface area contributed by atoms with E-state index in [1.165, 1.54) is 12.1 Å². The Kier molecular flexibility index (Phi) is 1.04. The van der Waals surface area contributed by atoms with Crippen molar-refractivity contribution < 1.29 is 14.0 Å². The lowest BCUT2D eigenvalue weighted by molar-refractivity contribution is 0.669. The lowest BCUT2D eigenvalue weighted by Gasteiger charge is -2.00. The second-order valence-electron chi connectivity index (χ2n) is 3.86. The molecule has 0 N–H and O–H groups in total. The average molecular weight is 260 g/mol. The minimum Gasteiger partial charge on any atom is -0.456 e. The third-order valence-electron chi connectivity index (χ3n) is 2.81. The van der Waals surface area contributed by atoms with E-state index in [2.05, 4.69) is 0 Å². The summed E-state index contributed by atoms with van der Waals surface area (Å²) >= 11 is 6.05. The first-order valence-electron chi connectivity index (χ1n) is 8.76. The molecule has 3 aromatic carbocycles. The standard InChI is InChI=1S/C16H9ClO/c17-11-7-5-10-6-8-15-16(13(10)9-11)12-3-1-2-4-14(12)18-15/h1-9H/i1D,2D,3D,4D,6D,8D,9D. The van der Waals surface area contributed by atoms with Crippen molar-refractivity contribution in [3.63, 3.8) is 0 Å². The van der Waals surface area contributed by atoms with Gasteiger partial charge in [-0.1, -0.05) is 41.8 Å². The van der Waals surface area contributed by atoms with Crippen LogP contribution in [0.4, 0.5) is 0 Å². The van der Waals surface area contributed by atoms with Crippen LogP contribution < -0.4 is 0 Å². The predicted molar refractivity (Wildman–Crippen MR) is 76.2 cm³/mol. The molecule has 1 nitrogen and oxygen atoms in total. The topological polar surface area (TPSA) is 13.1 Å². The molecule has 4 rings (SSSR count). The molecule has 1 heterocycles. The van der Waals surface area contributed by atoms with Crippen LogP contribution in [0.15, 0.2) is 58.8 Å². The van der Waals surface area contributed by atoms with Gasteiger partial charge in [-0.3, -0.25) is 0 Å². The number of para-hydroxylation sites is 1. The molecule has 0 unspecified atom stereocenters. The fourth-order valence-corrected chi connectivity index (χ4v) is 2.20. The molecule has 0 saturated carbocycles. The summed E-state index contributed by atoms with van der Waals surface area (Å²) in [6.45, 7) is 0. The molecule has 86 valence electrons. The normalized spacial score (nSPS) is 17.1. The zero-order valence-corrected chi connectivity index (χ0v) is 9.70. The summed E-state index contributed by atoms with van der Waals surface area (Å²) in [6.07, 6.45) is 0. The number of benzene rings is 3. The highest BCUT2D eigenvalue weighted by Gasteiger charge is 2.09. The van der Waals surface area contributed by atoms with Crippen LogP contribution in [0.25, 0.3) is 32.7 Å². The average Bonchev–Trinajstić information content (AvgIpc) is 2.99. The Labute approximate surface area is 118 Å². The molecule has 18 heavy (non-hydrogen) atoms. The third-order valence-corrected chi connectivity index (χ3v) is 3.03. The molecule has 0 fully saturated rings. The SMILES string of the molecule is [2H]c1c([2H])c([2H])c2c(oc3c([2H])c([2H])c4ccc(Cl)c([2H])c4c32)c1[2H]. The fourth-order valence-electron chi connectivity index (χ4n) is 2.04. The van der Waals surface area contributed by atoms with Gasteiger partial charge < -0.3 is 4.42 Å². The van der Waals surface area contributed by atoms with Crippen molar-refractivity contribution in [1.29, 1.82) is 0 Å². The highest BCUT2D eigenvalue weighted by Crippen LogP contribution is 2.35. The Bertz CT molecular complexity index is 1230. The largest absolute Gasteiger partial charge is 0.456 e. The minimum atomic E-state index is -0.442. The van der Waals surface area contributed by atoms with Gasteiger partial charge in [0.2, 0.25) is 0 Å². The molecular formula is C16H9ClO. The second kappa shape index (κ2) is 3.50. The molecule has 0 saturated heterocycles. The smallest absolute Gasteiger partial charge is 0.136 e. The van der Waals surface area contributed by atoms with Gasteiger partial charge in [0.25, 0.3) is 0 Å². The van der Waals surface area contributed by atoms with Crippen molar-refractivity contribution in [2.75, 3.05) is 0 Å². The van der Waals surface area contributed by atoms with E-state index in [9.17, 15) is 0 Å². The number of fused-ring (bicyclic) bond motifs is 5. The van der Waals surface area contributed by atoms with Gasteiger partial charge in [-0.05, 0) is 35.0 Å². The Hall–Kier alpha value is -1.99. The van der Waals surface area contributed by atoms with Crippen LogP contribution in [-0.4, -0.2) is 0 Å². The van der Waals surface area contributed by atoms with Crippen LogP contribution in [0.3, 0.4) is 0 Å². The second-order valence-corrected chi connectivity index (χ2v) is 4.26. The first kappa shape index (κ1) is 5.33. The van der Waals surface area contributed by atoms with E-state index in [0.29, 0.717) is 5.39 Å². The summed E-state index contributed by atoms with van der Waals surface area (Å²) in [5.74, 6) is 0. The molecule has 4 aromatic rings. The Morgan fingerprint density at radius 2 is 1.83 bits per heavy atom. The van der Waals surface area contributed by atoms with E-state index in [1.807, 2.05) is 0 Å². The van der Waals surface area contributed by atoms with Crippen molar-refractivity contribution in [2.45, 2.75) is 0 Å². The molecule has 1 aromatic heterocycles. The van der Waals surface area contributed by atoms with E-state index in [4.69, 9.17) is 25.6 Å². The Balaban J connectivity index is 2.48. The monoisotopic (exact) mass is 259 g/mol. The van der Waals surface area contributed by atoms with Gasteiger partial charge in [-0.15, -0.1) is 0 Å². The number of hydrogen-bond donors (Lipinski definition) is 0. The summed E-state index contributed by atoms with van der Waals surface area (Å²) in [4.78, 5) is 0. The molecule has 0 atom stereocenters. The van der Waals surface area contributed by atoms with Crippen molar-refractivity contribution in [3.05, 3.63) is 59.5 Å². The summed E-state index contributed by atoms with van der Waals surface area (Å²) in [7, 11) is 0.